The van der Waals surface area contributed by atoms with E-state index < -0.39 is 23.2 Å². The van der Waals surface area contributed by atoms with Gasteiger partial charge < -0.3 is 20.4 Å². The zero-order chi connectivity index (χ0) is 58.5. The maximum atomic E-state index is 15.8. The number of allylic oxidation sites excluding steroid dienone is 4. The molecule has 420 valence electrons. The lowest BCUT2D eigenvalue weighted by Gasteiger charge is -2.40. The van der Waals surface area contributed by atoms with Gasteiger partial charge in [0.2, 0.25) is 11.8 Å². The summed E-state index contributed by atoms with van der Waals surface area (Å²) < 4.78 is 0. The zero-order valence-electron chi connectivity index (χ0n) is 48.5. The number of anilines is 2. The molecule has 3 heterocycles. The second kappa shape index (κ2) is 24.0. The molecule has 84 heavy (non-hydrogen) atoms. The van der Waals surface area contributed by atoms with Crippen molar-refractivity contribution in [3.63, 3.8) is 0 Å². The van der Waals surface area contributed by atoms with Crippen LogP contribution in [0.2, 0.25) is 0 Å². The standard InChI is InChI=1S/C74H70N6O4/c1-73(2,3)75-69(81)67(55-37-21-11-22-38-55)79-61-43-27-25-41-57(61)65(71(79)83)59(51-29-13-7-14-30-51)49-63(53-33-17-9-18-34-53)77-45-47-78(48-46-77)64(54-35-19-10-20-36-54)50-60(52-31-15-8-16-32-52)66-58-42-26-28-44-62(58)80(72(66)84)68(56-39-23-12-24-40-56)70(82)76-74(4,5)6/h7-44,49-50,67-68H,45-48H2,1-6H3,(H,75,81)(H,76,82)/b63-49+,64-50+,65-59+,66-60+. The van der Waals surface area contributed by atoms with Gasteiger partial charge in [-0.2, -0.15) is 0 Å². The molecule has 0 spiro atoms. The Morgan fingerprint density at radius 1 is 0.381 bits per heavy atom. The molecule has 0 aliphatic carbocycles. The molecule has 4 amide bonds. The topological polar surface area (TPSA) is 105 Å². The minimum Gasteiger partial charge on any atom is -0.367 e. The normalized spacial score (nSPS) is 16.6. The Balaban J connectivity index is 1.02. The molecule has 11 rings (SSSR count). The number of piperazine rings is 1. The van der Waals surface area contributed by atoms with E-state index in [0.717, 1.165) is 55.9 Å². The van der Waals surface area contributed by atoms with Crippen LogP contribution >= 0.6 is 0 Å². The highest BCUT2D eigenvalue weighted by molar-refractivity contribution is 6.40. The summed E-state index contributed by atoms with van der Waals surface area (Å²) in [5.41, 5.74) is 11.2. The summed E-state index contributed by atoms with van der Waals surface area (Å²) in [4.78, 5) is 68.9. The van der Waals surface area contributed by atoms with E-state index in [2.05, 4.69) is 56.9 Å². The molecule has 0 bridgehead atoms. The molecule has 1 saturated heterocycles. The molecule has 10 heteroatoms. The van der Waals surface area contributed by atoms with Gasteiger partial charge in [-0.25, -0.2) is 0 Å². The van der Waals surface area contributed by atoms with E-state index in [1.165, 1.54) is 0 Å². The molecule has 8 aromatic rings. The summed E-state index contributed by atoms with van der Waals surface area (Å²) in [6.07, 6.45) is 4.34. The first kappa shape index (κ1) is 56.1. The number of fused-ring (bicyclic) bond motifs is 2. The fourth-order valence-electron chi connectivity index (χ4n) is 11.7. The molecule has 8 aromatic carbocycles. The maximum Gasteiger partial charge on any atom is 0.260 e. The van der Waals surface area contributed by atoms with Crippen molar-refractivity contribution in [3.8, 4) is 0 Å². The lowest BCUT2D eigenvalue weighted by Crippen LogP contribution is -2.48. The monoisotopic (exact) mass is 1110 g/mol. The number of hydrogen-bond acceptors (Lipinski definition) is 6. The van der Waals surface area contributed by atoms with E-state index in [4.69, 9.17) is 0 Å². The van der Waals surface area contributed by atoms with Gasteiger partial charge in [0.05, 0.1) is 22.5 Å². The minimum absolute atomic E-state index is 0.266. The van der Waals surface area contributed by atoms with Gasteiger partial charge >= 0.3 is 0 Å². The number of rotatable bonds is 14. The van der Waals surface area contributed by atoms with Gasteiger partial charge in [0.25, 0.3) is 11.8 Å². The molecule has 1 fully saturated rings. The van der Waals surface area contributed by atoms with Crippen LogP contribution in [0.1, 0.15) is 98.1 Å². The van der Waals surface area contributed by atoms with Crippen LogP contribution in [0.25, 0.3) is 33.7 Å². The van der Waals surface area contributed by atoms with Crippen LogP contribution in [0, 0.1) is 0 Å². The molecule has 3 aliphatic rings. The Bertz CT molecular complexity index is 3580. The third-order valence-corrected chi connectivity index (χ3v) is 15.3. The highest BCUT2D eigenvalue weighted by Crippen LogP contribution is 2.48. The molecule has 0 radical (unpaired) electrons. The number of nitrogens with one attached hydrogen (secondary N) is 2. The first-order valence-corrected chi connectivity index (χ1v) is 28.9. The van der Waals surface area contributed by atoms with Gasteiger partial charge in [0, 0.05) is 59.8 Å². The van der Waals surface area contributed by atoms with Crippen LogP contribution in [0.4, 0.5) is 11.4 Å². The summed E-state index contributed by atoms with van der Waals surface area (Å²) in [5, 5.41) is 6.38. The SMILES string of the molecule is CC(C)(C)NC(=O)C(c1ccccc1)N1C(=O)/C(=C(\C=C(/c2ccccc2)N2CCN(/C(=C/C(=C3\C(=O)N(C(C(=O)NC(C)(C)C)c4ccccc4)c4ccccc43)c3ccccc3)c3ccccc3)CC2)c2ccccc2)c2ccccc21. The van der Waals surface area contributed by atoms with Crippen molar-refractivity contribution in [2.24, 2.45) is 0 Å². The van der Waals surface area contributed by atoms with Gasteiger partial charge in [0.15, 0.2) is 0 Å². The third-order valence-electron chi connectivity index (χ3n) is 15.3. The third kappa shape index (κ3) is 11.8. The number of para-hydroxylation sites is 2. The van der Waals surface area contributed by atoms with Gasteiger partial charge in [-0.1, -0.05) is 218 Å². The number of amides is 4. The lowest BCUT2D eigenvalue weighted by atomic mass is 9.93. The highest BCUT2D eigenvalue weighted by Gasteiger charge is 2.45. The minimum atomic E-state index is -0.948. The molecule has 2 N–H and O–H groups in total. The van der Waals surface area contributed by atoms with Crippen molar-refractivity contribution in [3.05, 3.63) is 287 Å². The van der Waals surface area contributed by atoms with Crippen LogP contribution in [-0.4, -0.2) is 70.7 Å². The summed E-state index contributed by atoms with van der Waals surface area (Å²) >= 11 is 0. The first-order valence-electron chi connectivity index (χ1n) is 28.9. The molecule has 0 aromatic heterocycles. The highest BCUT2D eigenvalue weighted by atomic mass is 16.2. The molecular weight excluding hydrogens is 1040 g/mol. The summed E-state index contributed by atoms with van der Waals surface area (Å²) in [6.45, 7) is 14.1. The summed E-state index contributed by atoms with van der Waals surface area (Å²) in [5.74, 6) is -1.07. The van der Waals surface area contributed by atoms with Gasteiger partial charge in [-0.15, -0.1) is 0 Å². The summed E-state index contributed by atoms with van der Waals surface area (Å²) in [7, 11) is 0. The molecule has 2 unspecified atom stereocenters. The predicted octanol–water partition coefficient (Wildman–Crippen LogP) is 13.9. The zero-order valence-corrected chi connectivity index (χ0v) is 48.5. The van der Waals surface area contributed by atoms with Crippen LogP contribution in [0.3, 0.4) is 0 Å². The fraction of sp³-hybridized carbons (Fsp3) is 0.189. The number of carbonyl (C=O) groups is 4. The van der Waals surface area contributed by atoms with Crippen molar-refractivity contribution in [2.45, 2.75) is 64.7 Å². The number of carbonyl (C=O) groups excluding carboxylic acids is 4. The van der Waals surface area contributed by atoms with Crippen LogP contribution in [-0.2, 0) is 19.2 Å². The first-order chi connectivity index (χ1) is 40.6. The summed E-state index contributed by atoms with van der Waals surface area (Å²) in [6, 6.07) is 73.6. The quantitative estimate of drug-likeness (QED) is 0.105. The molecule has 10 nitrogen and oxygen atoms in total. The van der Waals surface area contributed by atoms with Crippen molar-refractivity contribution < 1.29 is 19.2 Å². The van der Waals surface area contributed by atoms with Crippen LogP contribution < -0.4 is 20.4 Å². The number of nitrogens with zero attached hydrogens (tertiary/aromatic N) is 4. The second-order valence-electron chi connectivity index (χ2n) is 23.6. The Morgan fingerprint density at radius 2 is 0.655 bits per heavy atom. The Morgan fingerprint density at radius 3 is 0.964 bits per heavy atom. The van der Waals surface area contributed by atoms with E-state index in [1.54, 1.807) is 9.80 Å². The molecule has 3 aliphatic heterocycles. The second-order valence-corrected chi connectivity index (χ2v) is 23.6. The Hall–Kier alpha value is -9.80. The van der Waals surface area contributed by atoms with Crippen molar-refractivity contribution in [1.29, 1.82) is 0 Å². The van der Waals surface area contributed by atoms with E-state index in [9.17, 15) is 9.59 Å². The predicted molar refractivity (Wildman–Crippen MR) is 341 cm³/mol. The van der Waals surface area contributed by atoms with E-state index >= 15 is 9.59 Å². The van der Waals surface area contributed by atoms with Gasteiger partial charge in [-0.05, 0) is 110 Å². The van der Waals surface area contributed by atoms with Gasteiger partial charge in [-0.3, -0.25) is 29.0 Å². The molecule has 2 atom stereocenters. The maximum absolute atomic E-state index is 15.8. The van der Waals surface area contributed by atoms with Crippen molar-refractivity contribution in [1.82, 2.24) is 20.4 Å². The number of benzene rings is 8. The molecular formula is C74H70N6O4. The largest absolute Gasteiger partial charge is 0.367 e. The van der Waals surface area contributed by atoms with E-state index in [0.29, 0.717) is 59.8 Å². The fourth-order valence-corrected chi connectivity index (χ4v) is 11.7. The van der Waals surface area contributed by atoms with Crippen LogP contribution in [0.15, 0.2) is 243 Å². The Kier molecular flexibility index (Phi) is 16.0. The van der Waals surface area contributed by atoms with Crippen molar-refractivity contribution in [2.75, 3.05) is 36.0 Å². The van der Waals surface area contributed by atoms with Crippen LogP contribution in [0.5, 0.6) is 0 Å². The lowest BCUT2D eigenvalue weighted by molar-refractivity contribution is -0.126. The van der Waals surface area contributed by atoms with Gasteiger partial charge in [0.1, 0.15) is 12.1 Å². The molecule has 0 saturated carbocycles. The Labute approximate surface area is 493 Å². The smallest absolute Gasteiger partial charge is 0.260 e. The average molecular weight is 1110 g/mol. The average Bonchev–Trinajstić information content (AvgIpc) is 4.15. The van der Waals surface area contributed by atoms with E-state index in [-0.39, 0.29) is 23.6 Å². The van der Waals surface area contributed by atoms with Crippen molar-refractivity contribution >= 4 is 68.7 Å². The number of hydrogen-bond donors (Lipinski definition) is 2. The van der Waals surface area contributed by atoms with E-state index in [1.807, 2.05) is 248 Å².